The van der Waals surface area contributed by atoms with E-state index in [1.807, 2.05) is 12.1 Å². The van der Waals surface area contributed by atoms with E-state index in [0.29, 0.717) is 0 Å². The molecule has 2 aromatic carbocycles. The lowest BCUT2D eigenvalue weighted by molar-refractivity contribution is 1.01. The molecule has 0 bridgehead atoms. The number of para-hydroxylation sites is 2. The molecule has 1 N–H and O–H groups in total. The fourth-order valence-electron chi connectivity index (χ4n) is 2.01. The van der Waals surface area contributed by atoms with Crippen LogP contribution in [0.4, 0.5) is 5.69 Å². The number of fused-ring (bicyclic) bond motifs is 1. The number of benzene rings is 2. The van der Waals surface area contributed by atoms with Gasteiger partial charge in [-0.3, -0.25) is 10.1 Å². The highest BCUT2D eigenvalue weighted by molar-refractivity contribution is 5.80. The second-order valence-electron chi connectivity index (χ2n) is 4.17. The molecule has 2 nitrogen and oxygen atoms in total. The number of nitrogens with one attached hydrogen (secondary N) is 1. The monoisotopic (exact) mass is 222 g/mol. The molecule has 0 saturated heterocycles. The van der Waals surface area contributed by atoms with E-state index in [4.69, 9.17) is 0 Å². The van der Waals surface area contributed by atoms with E-state index in [1.54, 1.807) is 0 Å². The molecular weight excluding hydrogens is 208 g/mol. The minimum absolute atomic E-state index is 1.13. The quantitative estimate of drug-likeness (QED) is 0.697. The summed E-state index contributed by atoms with van der Waals surface area (Å²) in [4.78, 5) is 0. The van der Waals surface area contributed by atoms with Crippen molar-refractivity contribution < 1.29 is 0 Å². The van der Waals surface area contributed by atoms with Crippen LogP contribution in [0.3, 0.4) is 0 Å². The minimum Gasteiger partial charge on any atom is -0.294 e. The normalized spacial score (nSPS) is 10.6. The summed E-state index contributed by atoms with van der Waals surface area (Å²) in [6.07, 6.45) is 2.05. The van der Waals surface area contributed by atoms with Crippen LogP contribution in [0.5, 0.6) is 0 Å². The fraction of sp³-hybridized carbons (Fsp3) is 0.0667. The van der Waals surface area contributed by atoms with Crippen molar-refractivity contribution in [1.82, 2.24) is 4.68 Å². The summed E-state index contributed by atoms with van der Waals surface area (Å²) in [5.41, 5.74) is 6.98. The molecule has 3 rings (SSSR count). The average molecular weight is 222 g/mol. The third-order valence-electron chi connectivity index (χ3n) is 2.99. The third-order valence-corrected chi connectivity index (χ3v) is 2.99. The summed E-state index contributed by atoms with van der Waals surface area (Å²) in [5, 5.41) is 1.24. The Balaban J connectivity index is 2.03. The van der Waals surface area contributed by atoms with Crippen LogP contribution < -0.4 is 5.43 Å². The van der Waals surface area contributed by atoms with Crippen LogP contribution in [-0.2, 0) is 0 Å². The first kappa shape index (κ1) is 9.97. The highest BCUT2D eigenvalue weighted by Crippen LogP contribution is 2.18. The van der Waals surface area contributed by atoms with Crippen molar-refractivity contribution in [3.8, 4) is 0 Å². The van der Waals surface area contributed by atoms with Gasteiger partial charge in [0.05, 0.1) is 11.2 Å². The molecular formula is C15H14N2. The number of nitrogens with zero attached hydrogens (tertiary/aromatic N) is 1. The van der Waals surface area contributed by atoms with Crippen LogP contribution in [0.1, 0.15) is 5.56 Å². The molecule has 0 atom stereocenters. The van der Waals surface area contributed by atoms with Crippen molar-refractivity contribution in [2.75, 3.05) is 5.43 Å². The summed E-state index contributed by atoms with van der Waals surface area (Å²) in [5.74, 6) is 0. The van der Waals surface area contributed by atoms with E-state index in [-0.39, 0.29) is 0 Å². The maximum Gasteiger partial charge on any atom is 0.0696 e. The topological polar surface area (TPSA) is 17.0 Å². The lowest BCUT2D eigenvalue weighted by Crippen LogP contribution is -2.07. The van der Waals surface area contributed by atoms with Gasteiger partial charge in [0.25, 0.3) is 0 Å². The first-order valence-electron chi connectivity index (χ1n) is 5.73. The largest absolute Gasteiger partial charge is 0.294 e. The number of hydrogen-bond donors (Lipinski definition) is 1. The molecule has 0 aliphatic heterocycles. The molecule has 0 aliphatic rings. The highest BCUT2D eigenvalue weighted by atomic mass is 15.4. The van der Waals surface area contributed by atoms with Crippen LogP contribution in [-0.4, -0.2) is 4.68 Å². The summed E-state index contributed by atoms with van der Waals surface area (Å²) >= 11 is 0. The number of hydrogen-bond acceptors (Lipinski definition) is 1. The van der Waals surface area contributed by atoms with Gasteiger partial charge in [-0.1, -0.05) is 36.4 Å². The molecule has 0 saturated carbocycles. The second-order valence-corrected chi connectivity index (χ2v) is 4.17. The van der Waals surface area contributed by atoms with Crippen molar-refractivity contribution in [3.05, 3.63) is 66.4 Å². The number of aromatic nitrogens is 1. The van der Waals surface area contributed by atoms with Crippen molar-refractivity contribution >= 4 is 16.6 Å². The van der Waals surface area contributed by atoms with E-state index in [9.17, 15) is 0 Å². The van der Waals surface area contributed by atoms with Crippen LogP contribution in [0, 0.1) is 6.92 Å². The van der Waals surface area contributed by atoms with Gasteiger partial charge in [-0.2, -0.15) is 0 Å². The van der Waals surface area contributed by atoms with Crippen LogP contribution in [0.25, 0.3) is 10.9 Å². The summed E-state index contributed by atoms with van der Waals surface area (Å²) in [7, 11) is 0. The third kappa shape index (κ3) is 1.78. The van der Waals surface area contributed by atoms with Gasteiger partial charge in [-0.05, 0) is 30.7 Å². The molecule has 1 heterocycles. The molecule has 1 aromatic heterocycles. The lowest BCUT2D eigenvalue weighted by Gasteiger charge is -2.11. The molecule has 0 fully saturated rings. The smallest absolute Gasteiger partial charge is 0.0696 e. The van der Waals surface area contributed by atoms with E-state index < -0.39 is 0 Å². The van der Waals surface area contributed by atoms with Gasteiger partial charge in [-0.25, -0.2) is 0 Å². The van der Waals surface area contributed by atoms with Crippen LogP contribution >= 0.6 is 0 Å². The zero-order valence-electron chi connectivity index (χ0n) is 9.72. The molecule has 84 valence electrons. The maximum absolute atomic E-state index is 3.41. The second kappa shape index (κ2) is 3.98. The SMILES string of the molecule is Cc1ccccc1Nn1ccc2ccccc21. The molecule has 0 aliphatic carbocycles. The van der Waals surface area contributed by atoms with Gasteiger partial charge in [0.15, 0.2) is 0 Å². The maximum atomic E-state index is 3.41. The molecule has 0 radical (unpaired) electrons. The van der Waals surface area contributed by atoms with Crippen LogP contribution in [0.15, 0.2) is 60.8 Å². The van der Waals surface area contributed by atoms with Gasteiger partial charge < -0.3 is 0 Å². The van der Waals surface area contributed by atoms with Crippen LogP contribution in [0.2, 0.25) is 0 Å². The predicted octanol–water partition coefficient (Wildman–Crippen LogP) is 3.82. The summed E-state index contributed by atoms with van der Waals surface area (Å²) in [6, 6.07) is 18.7. The van der Waals surface area contributed by atoms with Crippen molar-refractivity contribution in [2.24, 2.45) is 0 Å². The predicted molar refractivity (Wildman–Crippen MR) is 72.1 cm³/mol. The summed E-state index contributed by atoms with van der Waals surface area (Å²) in [6.45, 7) is 2.11. The molecule has 0 unspecified atom stereocenters. The zero-order chi connectivity index (χ0) is 11.7. The van der Waals surface area contributed by atoms with Gasteiger partial charge in [0.2, 0.25) is 0 Å². The Labute approximate surface area is 100 Å². The number of aryl methyl sites for hydroxylation is 1. The summed E-state index contributed by atoms with van der Waals surface area (Å²) < 4.78 is 2.05. The van der Waals surface area contributed by atoms with Gasteiger partial charge in [0, 0.05) is 11.6 Å². The Morgan fingerprint density at radius 1 is 0.882 bits per heavy atom. The first-order chi connectivity index (χ1) is 8.34. The molecule has 3 aromatic rings. The Kier molecular flexibility index (Phi) is 2.33. The fourth-order valence-corrected chi connectivity index (χ4v) is 2.01. The van der Waals surface area contributed by atoms with Crippen molar-refractivity contribution in [1.29, 1.82) is 0 Å². The number of rotatable bonds is 2. The molecule has 0 amide bonds. The average Bonchev–Trinajstić information content (AvgIpc) is 2.76. The van der Waals surface area contributed by atoms with E-state index in [1.165, 1.54) is 16.5 Å². The standard InChI is InChI=1S/C15H14N2/c1-12-6-2-4-8-14(12)16-17-11-10-13-7-3-5-9-15(13)17/h2-11,16H,1H3. The van der Waals surface area contributed by atoms with E-state index >= 15 is 0 Å². The van der Waals surface area contributed by atoms with Gasteiger partial charge in [-0.15, -0.1) is 0 Å². The van der Waals surface area contributed by atoms with Crippen molar-refractivity contribution in [3.63, 3.8) is 0 Å². The molecule has 0 spiro atoms. The molecule has 17 heavy (non-hydrogen) atoms. The van der Waals surface area contributed by atoms with Gasteiger partial charge >= 0.3 is 0 Å². The lowest BCUT2D eigenvalue weighted by atomic mass is 10.2. The Bertz CT molecular complexity index is 653. The van der Waals surface area contributed by atoms with Gasteiger partial charge in [0.1, 0.15) is 0 Å². The Morgan fingerprint density at radius 2 is 1.65 bits per heavy atom. The minimum atomic E-state index is 1.13. The van der Waals surface area contributed by atoms with E-state index in [2.05, 4.69) is 65.7 Å². The first-order valence-corrected chi connectivity index (χ1v) is 5.73. The highest BCUT2D eigenvalue weighted by Gasteiger charge is 2.01. The van der Waals surface area contributed by atoms with Crippen molar-refractivity contribution in [2.45, 2.75) is 6.92 Å². The Hall–Kier alpha value is -2.22. The molecule has 2 heteroatoms. The van der Waals surface area contributed by atoms with E-state index in [0.717, 1.165) is 5.69 Å². The Morgan fingerprint density at radius 3 is 2.53 bits per heavy atom. The number of anilines is 1. The zero-order valence-corrected chi connectivity index (χ0v) is 9.72.